The van der Waals surface area contributed by atoms with Crippen molar-refractivity contribution in [3.05, 3.63) is 84.7 Å². The summed E-state index contributed by atoms with van der Waals surface area (Å²) in [5, 5.41) is 7.63. The van der Waals surface area contributed by atoms with Crippen LogP contribution in [0.15, 0.2) is 73.1 Å². The number of benzene rings is 3. The molecule has 0 bridgehead atoms. The first-order chi connectivity index (χ1) is 16.1. The largest absolute Gasteiger partial charge is 0.397 e. The second-order valence-corrected chi connectivity index (χ2v) is 7.73. The summed E-state index contributed by atoms with van der Waals surface area (Å²) >= 11 is 0. The molecule has 8 heteroatoms. The monoisotopic (exact) mass is 438 g/mol. The molecular formula is C25H16F2N6. The predicted octanol–water partition coefficient (Wildman–Crippen LogP) is 5.70. The number of nitrogen functional groups attached to an aromatic ring is 1. The summed E-state index contributed by atoms with van der Waals surface area (Å²) < 4.78 is 29.4. The third-order valence-electron chi connectivity index (χ3n) is 5.62. The zero-order chi connectivity index (χ0) is 22.5. The smallest absolute Gasteiger partial charge is 0.159 e. The van der Waals surface area contributed by atoms with Crippen molar-refractivity contribution in [1.29, 1.82) is 0 Å². The molecule has 0 saturated heterocycles. The van der Waals surface area contributed by atoms with E-state index in [4.69, 9.17) is 10.7 Å². The van der Waals surface area contributed by atoms with Gasteiger partial charge < -0.3 is 10.7 Å². The van der Waals surface area contributed by atoms with E-state index in [0.717, 1.165) is 5.52 Å². The first kappa shape index (κ1) is 19.1. The van der Waals surface area contributed by atoms with Crippen LogP contribution in [-0.2, 0) is 0 Å². The molecular weight excluding hydrogens is 422 g/mol. The van der Waals surface area contributed by atoms with Gasteiger partial charge in [-0.3, -0.25) is 10.1 Å². The van der Waals surface area contributed by atoms with Gasteiger partial charge in [-0.25, -0.2) is 13.8 Å². The maximum absolute atomic E-state index is 14.9. The third kappa shape index (κ3) is 3.11. The van der Waals surface area contributed by atoms with E-state index in [1.165, 1.54) is 18.3 Å². The molecule has 0 saturated carbocycles. The van der Waals surface area contributed by atoms with Crippen LogP contribution in [-0.4, -0.2) is 25.1 Å². The number of fused-ring (bicyclic) bond motifs is 2. The molecule has 3 heterocycles. The number of nitrogens with one attached hydrogen (secondary N) is 2. The Morgan fingerprint density at radius 1 is 0.818 bits per heavy atom. The molecule has 0 spiro atoms. The second-order valence-electron chi connectivity index (χ2n) is 7.73. The van der Waals surface area contributed by atoms with Crippen molar-refractivity contribution in [3.8, 4) is 33.8 Å². The van der Waals surface area contributed by atoms with Gasteiger partial charge in [-0.05, 0) is 35.9 Å². The summed E-state index contributed by atoms with van der Waals surface area (Å²) in [5.41, 5.74) is 10.8. The van der Waals surface area contributed by atoms with Crippen molar-refractivity contribution in [2.24, 2.45) is 0 Å². The quantitative estimate of drug-likeness (QED) is 0.330. The number of imidazole rings is 1. The first-order valence-corrected chi connectivity index (χ1v) is 10.2. The topological polar surface area (TPSA) is 96.3 Å². The highest BCUT2D eigenvalue weighted by Crippen LogP contribution is 2.34. The molecule has 0 radical (unpaired) electrons. The number of para-hydroxylation sites is 1. The number of aromatic amines is 2. The molecule has 6 rings (SSSR count). The van der Waals surface area contributed by atoms with Crippen molar-refractivity contribution in [3.63, 3.8) is 0 Å². The summed E-state index contributed by atoms with van der Waals surface area (Å²) in [6.45, 7) is 0. The van der Waals surface area contributed by atoms with Crippen LogP contribution in [0.5, 0.6) is 0 Å². The lowest BCUT2D eigenvalue weighted by molar-refractivity contribution is 0.631. The number of pyridine rings is 1. The average Bonchev–Trinajstić information content (AvgIpc) is 3.43. The van der Waals surface area contributed by atoms with Gasteiger partial charge in [0.05, 0.1) is 16.7 Å². The van der Waals surface area contributed by atoms with Crippen LogP contribution < -0.4 is 5.73 Å². The highest BCUT2D eigenvalue weighted by atomic mass is 19.1. The van der Waals surface area contributed by atoms with Crippen molar-refractivity contribution in [1.82, 2.24) is 25.1 Å². The van der Waals surface area contributed by atoms with Crippen LogP contribution in [0.3, 0.4) is 0 Å². The fourth-order valence-corrected chi connectivity index (χ4v) is 4.08. The van der Waals surface area contributed by atoms with Crippen molar-refractivity contribution in [2.45, 2.75) is 0 Å². The molecule has 0 aliphatic carbocycles. The highest BCUT2D eigenvalue weighted by Gasteiger charge is 2.18. The van der Waals surface area contributed by atoms with E-state index in [-0.39, 0.29) is 11.3 Å². The van der Waals surface area contributed by atoms with Crippen LogP contribution >= 0.6 is 0 Å². The zero-order valence-corrected chi connectivity index (χ0v) is 17.1. The highest BCUT2D eigenvalue weighted by molar-refractivity contribution is 5.98. The summed E-state index contributed by atoms with van der Waals surface area (Å²) in [7, 11) is 0. The number of hydrogen-bond acceptors (Lipinski definition) is 4. The van der Waals surface area contributed by atoms with Crippen molar-refractivity contribution in [2.75, 3.05) is 5.73 Å². The molecule has 0 amide bonds. The van der Waals surface area contributed by atoms with E-state index >= 15 is 0 Å². The van der Waals surface area contributed by atoms with Gasteiger partial charge in [0.15, 0.2) is 5.82 Å². The van der Waals surface area contributed by atoms with Gasteiger partial charge in [-0.15, -0.1) is 0 Å². The lowest BCUT2D eigenvalue weighted by atomic mass is 10.0. The molecule has 0 unspecified atom stereocenters. The lowest BCUT2D eigenvalue weighted by Gasteiger charge is -2.04. The summed E-state index contributed by atoms with van der Waals surface area (Å²) in [6, 6.07) is 17.0. The SMILES string of the molecule is Nc1cncc(-c2cc(F)c3[nH]nc(-c4nc5c(-c6ccccc6F)cccc5[nH]4)c3c2)c1. The number of hydrogen-bond donors (Lipinski definition) is 3. The molecule has 3 aromatic carbocycles. The van der Waals surface area contributed by atoms with E-state index in [1.807, 2.05) is 24.3 Å². The Morgan fingerprint density at radius 3 is 2.52 bits per heavy atom. The summed E-state index contributed by atoms with van der Waals surface area (Å²) in [6.07, 6.45) is 3.15. The standard InChI is InChI=1S/C25H16F2N6/c26-19-6-2-1-4-16(19)17-5-3-7-21-23(17)31-25(30-21)24-18-9-13(10-20(27)22(18)32-33-24)14-8-15(28)12-29-11-14/h1-12H,28H2,(H,30,31)(H,32,33). The Balaban J connectivity index is 1.55. The molecule has 0 aliphatic heterocycles. The van der Waals surface area contributed by atoms with Gasteiger partial charge in [-0.2, -0.15) is 5.10 Å². The number of aromatic nitrogens is 5. The molecule has 6 aromatic rings. The number of anilines is 1. The third-order valence-corrected chi connectivity index (χ3v) is 5.62. The molecule has 0 fully saturated rings. The number of rotatable bonds is 3. The van der Waals surface area contributed by atoms with E-state index in [2.05, 4.69) is 20.2 Å². The van der Waals surface area contributed by atoms with Gasteiger partial charge in [-0.1, -0.05) is 30.3 Å². The minimum atomic E-state index is -0.452. The Labute approximate surface area is 186 Å². The number of nitrogens with zero attached hydrogens (tertiary/aromatic N) is 3. The second kappa shape index (κ2) is 7.23. The van der Waals surface area contributed by atoms with Crippen LogP contribution in [0.4, 0.5) is 14.5 Å². The van der Waals surface area contributed by atoms with E-state index < -0.39 is 5.82 Å². The molecule has 3 aromatic heterocycles. The lowest BCUT2D eigenvalue weighted by Crippen LogP contribution is -1.89. The van der Waals surface area contributed by atoms with Gasteiger partial charge in [0.25, 0.3) is 0 Å². The molecule has 6 nitrogen and oxygen atoms in total. The minimum Gasteiger partial charge on any atom is -0.397 e. The molecule has 160 valence electrons. The van der Waals surface area contributed by atoms with Gasteiger partial charge in [0.1, 0.15) is 22.8 Å². The Kier molecular flexibility index (Phi) is 4.19. The van der Waals surface area contributed by atoms with Gasteiger partial charge >= 0.3 is 0 Å². The fraction of sp³-hybridized carbons (Fsp3) is 0. The molecule has 4 N–H and O–H groups in total. The normalized spacial score (nSPS) is 11.5. The Hall–Kier alpha value is -4.59. The Bertz CT molecular complexity index is 1670. The van der Waals surface area contributed by atoms with Crippen LogP contribution in [0.25, 0.3) is 55.7 Å². The van der Waals surface area contributed by atoms with Crippen molar-refractivity contribution >= 4 is 27.6 Å². The average molecular weight is 438 g/mol. The summed E-state index contributed by atoms with van der Waals surface area (Å²) in [5.74, 6) is -0.337. The van der Waals surface area contributed by atoms with Gasteiger partial charge in [0, 0.05) is 34.5 Å². The van der Waals surface area contributed by atoms with Crippen LogP contribution in [0.2, 0.25) is 0 Å². The molecule has 0 atom stereocenters. The molecule has 0 aliphatic rings. The van der Waals surface area contributed by atoms with Crippen LogP contribution in [0, 0.1) is 11.6 Å². The number of halogens is 2. The maximum Gasteiger partial charge on any atom is 0.159 e. The predicted molar refractivity (Wildman–Crippen MR) is 124 cm³/mol. The molecule has 33 heavy (non-hydrogen) atoms. The van der Waals surface area contributed by atoms with E-state index in [0.29, 0.717) is 50.4 Å². The van der Waals surface area contributed by atoms with E-state index in [9.17, 15) is 8.78 Å². The first-order valence-electron chi connectivity index (χ1n) is 10.2. The van der Waals surface area contributed by atoms with Crippen LogP contribution in [0.1, 0.15) is 0 Å². The summed E-state index contributed by atoms with van der Waals surface area (Å²) in [4.78, 5) is 12.0. The maximum atomic E-state index is 14.9. The van der Waals surface area contributed by atoms with E-state index in [1.54, 1.807) is 30.5 Å². The number of H-pyrrole nitrogens is 2. The minimum absolute atomic E-state index is 0.264. The number of nitrogens with two attached hydrogens (primary N) is 1. The zero-order valence-electron chi connectivity index (χ0n) is 17.1. The van der Waals surface area contributed by atoms with Crippen molar-refractivity contribution < 1.29 is 8.78 Å². The Morgan fingerprint density at radius 2 is 1.67 bits per heavy atom. The fourth-order valence-electron chi connectivity index (χ4n) is 4.08. The van der Waals surface area contributed by atoms with Gasteiger partial charge in [0.2, 0.25) is 0 Å².